The number of aromatic hydroxyl groups is 1. The Bertz CT molecular complexity index is 488. The molecule has 1 aliphatic heterocycles. The highest BCUT2D eigenvalue weighted by atomic mass is 16.6. The third-order valence-electron chi connectivity index (χ3n) is 2.57. The minimum Gasteiger partial charge on any atom is -0.505 e. The molecule has 1 amide bonds. The third-order valence-corrected chi connectivity index (χ3v) is 2.57. The van der Waals surface area contributed by atoms with E-state index in [1.807, 2.05) is 0 Å². The fourth-order valence-electron chi connectivity index (χ4n) is 1.78. The van der Waals surface area contributed by atoms with Crippen LogP contribution in [0, 0.1) is 10.1 Å². The number of nitro benzene ring substituents is 1. The molecule has 17 heavy (non-hydrogen) atoms. The van der Waals surface area contributed by atoms with Crippen LogP contribution in [-0.4, -0.2) is 33.7 Å². The maximum Gasteiger partial charge on any atom is 0.273 e. The van der Waals surface area contributed by atoms with Crippen molar-refractivity contribution in [2.45, 2.75) is 12.5 Å². The standard InChI is InChI=1S/C10H10N2O5/c13-7-4-10(15)11(5-7)8-2-1-6(12(16)17)3-9(8)14/h1-3,7,13-14H,4-5H2. The Morgan fingerprint density at radius 2 is 2.18 bits per heavy atom. The van der Waals surface area contributed by atoms with Gasteiger partial charge in [-0.05, 0) is 6.07 Å². The molecule has 0 spiro atoms. The van der Waals surface area contributed by atoms with E-state index in [0.29, 0.717) is 0 Å². The maximum absolute atomic E-state index is 11.5. The number of aliphatic hydroxyl groups excluding tert-OH is 1. The number of rotatable bonds is 2. The molecule has 1 saturated heterocycles. The van der Waals surface area contributed by atoms with E-state index in [9.17, 15) is 25.1 Å². The number of hydrogen-bond donors (Lipinski definition) is 2. The van der Waals surface area contributed by atoms with Crippen molar-refractivity contribution in [1.29, 1.82) is 0 Å². The van der Waals surface area contributed by atoms with E-state index in [2.05, 4.69) is 0 Å². The number of hydrogen-bond acceptors (Lipinski definition) is 5. The lowest BCUT2D eigenvalue weighted by molar-refractivity contribution is -0.384. The number of nitro groups is 1. The van der Waals surface area contributed by atoms with Crippen molar-refractivity contribution in [3.63, 3.8) is 0 Å². The Labute approximate surface area is 96.0 Å². The van der Waals surface area contributed by atoms with Gasteiger partial charge in [0.15, 0.2) is 0 Å². The van der Waals surface area contributed by atoms with Crippen molar-refractivity contribution in [1.82, 2.24) is 0 Å². The van der Waals surface area contributed by atoms with Crippen molar-refractivity contribution in [3.05, 3.63) is 28.3 Å². The Morgan fingerprint density at radius 1 is 1.47 bits per heavy atom. The molecule has 90 valence electrons. The minimum absolute atomic E-state index is 0.00354. The molecule has 1 aliphatic rings. The smallest absolute Gasteiger partial charge is 0.273 e. The van der Waals surface area contributed by atoms with Crippen LogP contribution in [0.15, 0.2) is 18.2 Å². The topological polar surface area (TPSA) is 104 Å². The molecular weight excluding hydrogens is 228 g/mol. The number of β-amino-alcohol motifs (C(OH)–C–C–N with tert-alkyl or cyclic N) is 1. The zero-order valence-electron chi connectivity index (χ0n) is 8.74. The van der Waals surface area contributed by atoms with E-state index in [4.69, 9.17) is 0 Å². The van der Waals surface area contributed by atoms with E-state index in [1.54, 1.807) is 0 Å². The molecule has 1 unspecified atom stereocenters. The minimum atomic E-state index is -0.767. The number of nitrogens with zero attached hydrogens (tertiary/aromatic N) is 2. The van der Waals surface area contributed by atoms with Gasteiger partial charge in [0.25, 0.3) is 5.69 Å². The monoisotopic (exact) mass is 238 g/mol. The number of phenolic OH excluding ortho intramolecular Hbond substituents is 1. The summed E-state index contributed by atoms with van der Waals surface area (Å²) in [5.41, 5.74) is -0.0735. The van der Waals surface area contributed by atoms with Crippen LogP contribution in [0.1, 0.15) is 6.42 Å². The molecule has 0 radical (unpaired) electrons. The Kier molecular flexibility index (Phi) is 2.68. The zero-order chi connectivity index (χ0) is 12.6. The normalized spacial score (nSPS) is 19.7. The van der Waals surface area contributed by atoms with Gasteiger partial charge in [-0.3, -0.25) is 14.9 Å². The lowest BCUT2D eigenvalue weighted by Crippen LogP contribution is -2.25. The van der Waals surface area contributed by atoms with Crippen molar-refractivity contribution in [2.75, 3.05) is 11.4 Å². The quantitative estimate of drug-likeness (QED) is 0.573. The number of amides is 1. The van der Waals surface area contributed by atoms with Gasteiger partial charge in [0.1, 0.15) is 5.75 Å². The molecule has 1 aromatic carbocycles. The average molecular weight is 238 g/mol. The third kappa shape index (κ3) is 2.04. The number of carbonyl (C=O) groups excluding carboxylic acids is 1. The van der Waals surface area contributed by atoms with Gasteiger partial charge in [-0.25, -0.2) is 0 Å². The maximum atomic E-state index is 11.5. The molecule has 1 atom stereocenters. The summed E-state index contributed by atoms with van der Waals surface area (Å²) in [6.45, 7) is 0.0875. The molecule has 2 N–H and O–H groups in total. The number of non-ortho nitro benzene ring substituents is 1. The van der Waals surface area contributed by atoms with Crippen LogP contribution in [0.25, 0.3) is 0 Å². The molecule has 2 rings (SSSR count). The number of phenols is 1. The summed E-state index contributed by atoms with van der Waals surface area (Å²) in [5, 5.41) is 29.4. The molecule has 0 aromatic heterocycles. The van der Waals surface area contributed by atoms with Crippen molar-refractivity contribution < 1.29 is 19.9 Å². The highest BCUT2D eigenvalue weighted by molar-refractivity contribution is 5.97. The van der Waals surface area contributed by atoms with E-state index < -0.39 is 11.0 Å². The van der Waals surface area contributed by atoms with Crippen LogP contribution >= 0.6 is 0 Å². The van der Waals surface area contributed by atoms with E-state index in [1.165, 1.54) is 17.0 Å². The first kappa shape index (κ1) is 11.3. The van der Waals surface area contributed by atoms with Crippen LogP contribution in [0.3, 0.4) is 0 Å². The van der Waals surface area contributed by atoms with Crippen LogP contribution < -0.4 is 4.90 Å². The molecule has 0 saturated carbocycles. The van der Waals surface area contributed by atoms with Crippen LogP contribution in [0.5, 0.6) is 5.75 Å². The van der Waals surface area contributed by atoms with Gasteiger partial charge in [0, 0.05) is 6.07 Å². The molecule has 7 nitrogen and oxygen atoms in total. The highest BCUT2D eigenvalue weighted by Crippen LogP contribution is 2.33. The van der Waals surface area contributed by atoms with Crippen molar-refractivity contribution in [3.8, 4) is 5.75 Å². The number of carbonyl (C=O) groups is 1. The van der Waals surface area contributed by atoms with Crippen molar-refractivity contribution in [2.24, 2.45) is 0 Å². The lowest BCUT2D eigenvalue weighted by atomic mass is 10.2. The van der Waals surface area contributed by atoms with Crippen molar-refractivity contribution >= 4 is 17.3 Å². The largest absolute Gasteiger partial charge is 0.505 e. The Morgan fingerprint density at radius 3 is 2.65 bits per heavy atom. The highest BCUT2D eigenvalue weighted by Gasteiger charge is 2.31. The summed E-state index contributed by atoms with van der Waals surface area (Å²) >= 11 is 0. The SMILES string of the molecule is O=C1CC(O)CN1c1ccc([N+](=O)[O-])cc1O. The van der Waals surface area contributed by atoms with Crippen LogP contribution in [-0.2, 0) is 4.79 Å². The van der Waals surface area contributed by atoms with Crippen LogP contribution in [0.4, 0.5) is 11.4 Å². The first-order valence-electron chi connectivity index (χ1n) is 4.95. The summed E-state index contributed by atoms with van der Waals surface area (Å²) in [6.07, 6.45) is -0.770. The molecule has 1 heterocycles. The summed E-state index contributed by atoms with van der Waals surface area (Å²) in [5.74, 6) is -0.664. The first-order valence-corrected chi connectivity index (χ1v) is 4.95. The summed E-state index contributed by atoms with van der Waals surface area (Å²) < 4.78 is 0. The Hall–Kier alpha value is -2.15. The predicted octanol–water partition coefficient (Wildman–Crippen LogP) is 0.398. The van der Waals surface area contributed by atoms with E-state index in [-0.39, 0.29) is 36.0 Å². The van der Waals surface area contributed by atoms with Gasteiger partial charge in [0.05, 0.1) is 35.7 Å². The molecule has 1 aromatic rings. The summed E-state index contributed by atoms with van der Waals surface area (Å²) in [6, 6.07) is 3.48. The first-order chi connectivity index (χ1) is 7.99. The zero-order valence-corrected chi connectivity index (χ0v) is 8.74. The van der Waals surface area contributed by atoms with E-state index >= 15 is 0 Å². The number of aliphatic hydroxyl groups is 1. The van der Waals surface area contributed by atoms with E-state index in [0.717, 1.165) is 6.07 Å². The molecule has 1 fully saturated rings. The van der Waals surface area contributed by atoms with Gasteiger partial charge in [-0.1, -0.05) is 0 Å². The fraction of sp³-hybridized carbons (Fsp3) is 0.300. The predicted molar refractivity (Wildman–Crippen MR) is 57.7 cm³/mol. The molecule has 0 bridgehead atoms. The number of anilines is 1. The number of benzene rings is 1. The second kappa shape index (κ2) is 4.02. The fourth-order valence-corrected chi connectivity index (χ4v) is 1.78. The van der Waals surface area contributed by atoms with Gasteiger partial charge < -0.3 is 15.1 Å². The van der Waals surface area contributed by atoms with Gasteiger partial charge in [0.2, 0.25) is 5.91 Å². The molecule has 0 aliphatic carbocycles. The summed E-state index contributed by atoms with van der Waals surface area (Å²) in [4.78, 5) is 22.5. The van der Waals surface area contributed by atoms with Gasteiger partial charge in [-0.2, -0.15) is 0 Å². The average Bonchev–Trinajstić information content (AvgIpc) is 2.57. The van der Waals surface area contributed by atoms with Crippen LogP contribution in [0.2, 0.25) is 0 Å². The Balaban J connectivity index is 2.34. The van der Waals surface area contributed by atoms with Gasteiger partial charge in [-0.15, -0.1) is 0 Å². The molecular formula is C10H10N2O5. The van der Waals surface area contributed by atoms with Gasteiger partial charge >= 0.3 is 0 Å². The second-order valence-electron chi connectivity index (χ2n) is 3.79. The lowest BCUT2D eigenvalue weighted by Gasteiger charge is -2.16. The second-order valence-corrected chi connectivity index (χ2v) is 3.79. The summed E-state index contributed by atoms with van der Waals surface area (Å²) in [7, 11) is 0. The molecule has 7 heteroatoms.